The van der Waals surface area contributed by atoms with Crippen LogP contribution >= 0.6 is 0 Å². The molecule has 4 nitrogen and oxygen atoms in total. The first kappa shape index (κ1) is 13.9. The van der Waals surface area contributed by atoms with Crippen LogP contribution in [0.15, 0.2) is 30.6 Å². The monoisotopic (exact) mass is 282 g/mol. The smallest absolute Gasteiger partial charge is 0.133 e. The molecule has 3 rings (SSSR count). The zero-order valence-corrected chi connectivity index (χ0v) is 12.5. The van der Waals surface area contributed by atoms with E-state index in [1.807, 2.05) is 12.1 Å². The molecule has 2 aromatic rings. The highest BCUT2D eigenvalue weighted by atomic mass is 15.0. The minimum Gasteiger partial charge on any atom is -0.399 e. The van der Waals surface area contributed by atoms with Crippen molar-refractivity contribution in [1.29, 1.82) is 0 Å². The molecular weight excluding hydrogens is 260 g/mol. The first-order valence-electron chi connectivity index (χ1n) is 7.69. The van der Waals surface area contributed by atoms with Crippen LogP contribution in [0.25, 0.3) is 0 Å². The van der Waals surface area contributed by atoms with E-state index in [0.29, 0.717) is 0 Å². The summed E-state index contributed by atoms with van der Waals surface area (Å²) in [4.78, 5) is 8.93. The number of hydrogen-bond acceptors (Lipinski definition) is 4. The molecule has 0 aliphatic heterocycles. The molecule has 0 radical (unpaired) electrons. The Kier molecular flexibility index (Phi) is 4.04. The normalized spacial score (nSPS) is 15.9. The van der Waals surface area contributed by atoms with Crippen LogP contribution < -0.4 is 11.1 Å². The molecule has 1 unspecified atom stereocenters. The minimum atomic E-state index is 0.202. The molecule has 0 saturated heterocycles. The Morgan fingerprint density at radius 1 is 1.05 bits per heavy atom. The van der Waals surface area contributed by atoms with Gasteiger partial charge in [-0.1, -0.05) is 18.6 Å². The molecule has 0 fully saturated rings. The van der Waals surface area contributed by atoms with E-state index >= 15 is 0 Å². The van der Waals surface area contributed by atoms with Gasteiger partial charge in [-0.05, 0) is 50.3 Å². The Hall–Kier alpha value is -2.10. The van der Waals surface area contributed by atoms with Gasteiger partial charge in [0.2, 0.25) is 0 Å². The van der Waals surface area contributed by atoms with Gasteiger partial charge in [0, 0.05) is 23.0 Å². The average Bonchev–Trinajstić information content (AvgIpc) is 2.74. The van der Waals surface area contributed by atoms with E-state index in [4.69, 9.17) is 5.73 Å². The summed E-state index contributed by atoms with van der Waals surface area (Å²) in [7, 11) is 0. The average molecular weight is 282 g/mol. The predicted octanol–water partition coefficient (Wildman–Crippen LogP) is 3.50. The summed E-state index contributed by atoms with van der Waals surface area (Å²) in [6.07, 6.45) is 7.57. The number of hydrogen-bond donors (Lipinski definition) is 2. The molecular formula is C17H22N4. The molecule has 1 atom stereocenters. The van der Waals surface area contributed by atoms with Crippen molar-refractivity contribution in [2.75, 3.05) is 11.1 Å². The number of nitrogens with two attached hydrogens (primary N) is 1. The fourth-order valence-electron chi connectivity index (χ4n) is 2.90. The van der Waals surface area contributed by atoms with E-state index in [0.717, 1.165) is 24.3 Å². The molecule has 0 amide bonds. The third kappa shape index (κ3) is 3.15. The molecule has 0 bridgehead atoms. The number of nitrogen functional groups attached to an aromatic ring is 1. The Morgan fingerprint density at radius 3 is 2.62 bits per heavy atom. The first-order valence-corrected chi connectivity index (χ1v) is 7.69. The lowest BCUT2D eigenvalue weighted by Gasteiger charge is -2.18. The summed E-state index contributed by atoms with van der Waals surface area (Å²) in [5.41, 5.74) is 10.3. The highest BCUT2D eigenvalue weighted by Gasteiger charge is 2.16. The van der Waals surface area contributed by atoms with Crippen molar-refractivity contribution in [2.24, 2.45) is 0 Å². The standard InChI is InChI=1S/C17H22N4/c1-12(13-7-9-14(18)10-8-13)21-17-15-5-3-2-4-6-16(15)19-11-20-17/h7-12H,2-6,18H2,1H3,(H,19,20,21). The molecule has 0 spiro atoms. The number of aryl methyl sites for hydroxylation is 1. The molecule has 1 aliphatic rings. The van der Waals surface area contributed by atoms with Crippen molar-refractivity contribution in [3.05, 3.63) is 47.4 Å². The number of nitrogens with zero attached hydrogens (tertiary/aromatic N) is 2. The number of rotatable bonds is 3. The fourth-order valence-corrected chi connectivity index (χ4v) is 2.90. The Bertz CT molecular complexity index is 607. The number of benzene rings is 1. The number of aromatic nitrogens is 2. The van der Waals surface area contributed by atoms with Gasteiger partial charge in [0.05, 0.1) is 0 Å². The van der Waals surface area contributed by atoms with Crippen molar-refractivity contribution >= 4 is 11.5 Å². The van der Waals surface area contributed by atoms with Crippen LogP contribution in [0.1, 0.15) is 49.0 Å². The summed E-state index contributed by atoms with van der Waals surface area (Å²) in [5, 5.41) is 3.54. The maximum atomic E-state index is 5.75. The SMILES string of the molecule is CC(Nc1ncnc2c1CCCCC2)c1ccc(N)cc1. The Labute approximate surface area is 125 Å². The van der Waals surface area contributed by atoms with Gasteiger partial charge in [0.15, 0.2) is 0 Å². The lowest BCUT2D eigenvalue weighted by molar-refractivity contribution is 0.708. The van der Waals surface area contributed by atoms with Crippen molar-refractivity contribution in [3.8, 4) is 0 Å². The molecule has 0 saturated carbocycles. The summed E-state index contributed by atoms with van der Waals surface area (Å²) >= 11 is 0. The van der Waals surface area contributed by atoms with Crippen LogP contribution in [0.5, 0.6) is 0 Å². The molecule has 1 aromatic heterocycles. The van der Waals surface area contributed by atoms with Gasteiger partial charge in [0.1, 0.15) is 12.1 Å². The third-order valence-electron chi connectivity index (χ3n) is 4.16. The van der Waals surface area contributed by atoms with Crippen molar-refractivity contribution in [1.82, 2.24) is 9.97 Å². The third-order valence-corrected chi connectivity index (χ3v) is 4.16. The maximum absolute atomic E-state index is 5.75. The molecule has 110 valence electrons. The summed E-state index contributed by atoms with van der Waals surface area (Å²) in [5.74, 6) is 0.992. The highest BCUT2D eigenvalue weighted by molar-refractivity contribution is 5.49. The quantitative estimate of drug-likeness (QED) is 0.668. The minimum absolute atomic E-state index is 0.202. The predicted molar refractivity (Wildman–Crippen MR) is 86.2 cm³/mol. The molecule has 1 heterocycles. The van der Waals surface area contributed by atoms with Gasteiger partial charge in [0.25, 0.3) is 0 Å². The van der Waals surface area contributed by atoms with Gasteiger partial charge in [-0.25, -0.2) is 9.97 Å². The lowest BCUT2D eigenvalue weighted by Crippen LogP contribution is -2.12. The Balaban J connectivity index is 1.83. The summed E-state index contributed by atoms with van der Waals surface area (Å²) in [6.45, 7) is 2.15. The van der Waals surface area contributed by atoms with E-state index in [1.165, 1.54) is 36.1 Å². The number of anilines is 2. The van der Waals surface area contributed by atoms with Crippen LogP contribution in [-0.2, 0) is 12.8 Å². The number of fused-ring (bicyclic) bond motifs is 1. The largest absolute Gasteiger partial charge is 0.399 e. The summed E-state index contributed by atoms with van der Waals surface area (Å²) in [6, 6.07) is 8.20. The Morgan fingerprint density at radius 2 is 1.81 bits per heavy atom. The van der Waals surface area contributed by atoms with Gasteiger partial charge in [-0.2, -0.15) is 0 Å². The maximum Gasteiger partial charge on any atom is 0.133 e. The van der Waals surface area contributed by atoms with Crippen LogP contribution in [0.3, 0.4) is 0 Å². The molecule has 3 N–H and O–H groups in total. The zero-order valence-electron chi connectivity index (χ0n) is 12.5. The van der Waals surface area contributed by atoms with Crippen LogP contribution in [0.2, 0.25) is 0 Å². The molecule has 1 aromatic carbocycles. The van der Waals surface area contributed by atoms with Crippen LogP contribution in [-0.4, -0.2) is 9.97 Å². The van der Waals surface area contributed by atoms with E-state index in [-0.39, 0.29) is 6.04 Å². The second kappa shape index (κ2) is 6.12. The zero-order chi connectivity index (χ0) is 14.7. The van der Waals surface area contributed by atoms with Gasteiger partial charge >= 0.3 is 0 Å². The topological polar surface area (TPSA) is 63.8 Å². The molecule has 4 heteroatoms. The van der Waals surface area contributed by atoms with E-state index in [2.05, 4.69) is 34.3 Å². The molecule has 1 aliphatic carbocycles. The molecule has 21 heavy (non-hydrogen) atoms. The van der Waals surface area contributed by atoms with Crippen molar-refractivity contribution < 1.29 is 0 Å². The van der Waals surface area contributed by atoms with E-state index < -0.39 is 0 Å². The van der Waals surface area contributed by atoms with E-state index in [1.54, 1.807) is 6.33 Å². The summed E-state index contributed by atoms with van der Waals surface area (Å²) < 4.78 is 0. The van der Waals surface area contributed by atoms with Gasteiger partial charge in [-0.15, -0.1) is 0 Å². The van der Waals surface area contributed by atoms with Gasteiger partial charge in [-0.3, -0.25) is 0 Å². The highest BCUT2D eigenvalue weighted by Crippen LogP contribution is 2.27. The van der Waals surface area contributed by atoms with Crippen molar-refractivity contribution in [3.63, 3.8) is 0 Å². The lowest BCUT2D eigenvalue weighted by atomic mass is 10.1. The van der Waals surface area contributed by atoms with Gasteiger partial charge < -0.3 is 11.1 Å². The van der Waals surface area contributed by atoms with Crippen LogP contribution in [0, 0.1) is 0 Å². The first-order chi connectivity index (χ1) is 10.2. The second-order valence-corrected chi connectivity index (χ2v) is 5.74. The fraction of sp³-hybridized carbons (Fsp3) is 0.412. The van der Waals surface area contributed by atoms with Crippen molar-refractivity contribution in [2.45, 2.75) is 45.1 Å². The van der Waals surface area contributed by atoms with Crippen LogP contribution in [0.4, 0.5) is 11.5 Å². The van der Waals surface area contributed by atoms with E-state index in [9.17, 15) is 0 Å². The second-order valence-electron chi connectivity index (χ2n) is 5.74. The number of nitrogens with one attached hydrogen (secondary N) is 1.